The lowest BCUT2D eigenvalue weighted by Crippen LogP contribution is -2.51. The average Bonchev–Trinajstić information content (AvgIpc) is 2.29. The Bertz CT molecular complexity index is 227. The standard InChI is InChI=1S/C13H25NO3/c1-3-5-11(6-4-2)14-7-8-17-10-12(14)9-13(15)16/h11-12H,3-10H2,1-2H3,(H,15,16). The number of nitrogens with zero attached hydrogens (tertiary/aromatic N) is 1. The maximum atomic E-state index is 10.9. The summed E-state index contributed by atoms with van der Waals surface area (Å²) >= 11 is 0. The first-order chi connectivity index (χ1) is 8.19. The maximum Gasteiger partial charge on any atom is 0.305 e. The molecule has 4 heteroatoms. The van der Waals surface area contributed by atoms with Crippen molar-refractivity contribution in [3.05, 3.63) is 0 Å². The van der Waals surface area contributed by atoms with Crippen LogP contribution in [0.4, 0.5) is 0 Å². The zero-order valence-corrected chi connectivity index (χ0v) is 11.0. The first-order valence-corrected chi connectivity index (χ1v) is 6.74. The van der Waals surface area contributed by atoms with Crippen molar-refractivity contribution in [3.8, 4) is 0 Å². The number of rotatable bonds is 7. The molecule has 1 heterocycles. The van der Waals surface area contributed by atoms with Gasteiger partial charge in [0.25, 0.3) is 0 Å². The zero-order chi connectivity index (χ0) is 12.7. The van der Waals surface area contributed by atoms with Crippen molar-refractivity contribution in [3.63, 3.8) is 0 Å². The fraction of sp³-hybridized carbons (Fsp3) is 0.923. The molecule has 0 aromatic rings. The van der Waals surface area contributed by atoms with Crippen molar-refractivity contribution in [2.75, 3.05) is 19.8 Å². The topological polar surface area (TPSA) is 49.8 Å². The SMILES string of the molecule is CCCC(CCC)N1CCOCC1CC(=O)O. The number of aliphatic carboxylic acids is 1. The fourth-order valence-corrected chi connectivity index (χ4v) is 2.67. The molecule has 4 nitrogen and oxygen atoms in total. The molecule has 0 amide bonds. The molecule has 1 unspecified atom stereocenters. The van der Waals surface area contributed by atoms with Gasteiger partial charge in [0.2, 0.25) is 0 Å². The summed E-state index contributed by atoms with van der Waals surface area (Å²) in [6, 6.07) is 0.586. The van der Waals surface area contributed by atoms with E-state index < -0.39 is 5.97 Å². The van der Waals surface area contributed by atoms with E-state index in [9.17, 15) is 4.79 Å². The molecule has 0 bridgehead atoms. The third kappa shape index (κ3) is 4.64. The largest absolute Gasteiger partial charge is 0.481 e. The molecule has 1 fully saturated rings. The van der Waals surface area contributed by atoms with Crippen LogP contribution in [0.25, 0.3) is 0 Å². The van der Waals surface area contributed by atoms with Gasteiger partial charge in [-0.1, -0.05) is 26.7 Å². The van der Waals surface area contributed by atoms with Crippen LogP contribution in [-0.4, -0.2) is 47.8 Å². The predicted octanol–water partition coefficient (Wildman–Crippen LogP) is 2.13. The predicted molar refractivity (Wildman–Crippen MR) is 67.2 cm³/mol. The van der Waals surface area contributed by atoms with Crippen molar-refractivity contribution in [2.24, 2.45) is 0 Å². The Morgan fingerprint density at radius 2 is 2.06 bits per heavy atom. The Morgan fingerprint density at radius 3 is 2.59 bits per heavy atom. The molecule has 1 saturated heterocycles. The normalized spacial score (nSPS) is 21.9. The highest BCUT2D eigenvalue weighted by molar-refractivity contribution is 5.67. The molecule has 0 radical (unpaired) electrons. The molecule has 1 aliphatic rings. The molecular weight excluding hydrogens is 218 g/mol. The summed E-state index contributed by atoms with van der Waals surface area (Å²) < 4.78 is 5.41. The van der Waals surface area contributed by atoms with Crippen molar-refractivity contribution in [2.45, 2.75) is 58.0 Å². The van der Waals surface area contributed by atoms with E-state index in [2.05, 4.69) is 18.7 Å². The fourth-order valence-electron chi connectivity index (χ4n) is 2.67. The van der Waals surface area contributed by atoms with Gasteiger partial charge in [0.05, 0.1) is 19.6 Å². The molecule has 0 saturated carbocycles. The van der Waals surface area contributed by atoms with Gasteiger partial charge in [-0.2, -0.15) is 0 Å². The molecule has 0 aromatic heterocycles. The van der Waals surface area contributed by atoms with Crippen LogP contribution in [0.1, 0.15) is 46.0 Å². The molecule has 1 N–H and O–H groups in total. The number of hydrogen-bond donors (Lipinski definition) is 1. The minimum atomic E-state index is -0.725. The lowest BCUT2D eigenvalue weighted by Gasteiger charge is -2.40. The van der Waals surface area contributed by atoms with E-state index in [4.69, 9.17) is 9.84 Å². The second-order valence-electron chi connectivity index (χ2n) is 4.80. The third-order valence-corrected chi connectivity index (χ3v) is 3.40. The maximum absolute atomic E-state index is 10.9. The molecule has 17 heavy (non-hydrogen) atoms. The van der Waals surface area contributed by atoms with Crippen LogP contribution in [0.2, 0.25) is 0 Å². The molecule has 1 atom stereocenters. The van der Waals surface area contributed by atoms with Crippen LogP contribution in [0.5, 0.6) is 0 Å². The van der Waals surface area contributed by atoms with Gasteiger partial charge < -0.3 is 9.84 Å². The van der Waals surface area contributed by atoms with Gasteiger partial charge in [-0.05, 0) is 12.8 Å². The van der Waals surface area contributed by atoms with Crippen LogP contribution in [-0.2, 0) is 9.53 Å². The zero-order valence-electron chi connectivity index (χ0n) is 11.0. The van der Waals surface area contributed by atoms with Crippen LogP contribution in [0.3, 0.4) is 0 Å². The summed E-state index contributed by atoms with van der Waals surface area (Å²) in [4.78, 5) is 13.2. The lowest BCUT2D eigenvalue weighted by molar-refractivity contribution is -0.141. The molecular formula is C13H25NO3. The Hall–Kier alpha value is -0.610. The van der Waals surface area contributed by atoms with Gasteiger partial charge in [-0.25, -0.2) is 0 Å². The van der Waals surface area contributed by atoms with E-state index >= 15 is 0 Å². The van der Waals surface area contributed by atoms with Crippen molar-refractivity contribution < 1.29 is 14.6 Å². The Morgan fingerprint density at radius 1 is 1.41 bits per heavy atom. The summed E-state index contributed by atoms with van der Waals surface area (Å²) in [5.41, 5.74) is 0. The van der Waals surface area contributed by atoms with Gasteiger partial charge in [0.15, 0.2) is 0 Å². The van der Waals surface area contributed by atoms with Crippen molar-refractivity contribution in [1.29, 1.82) is 0 Å². The summed E-state index contributed by atoms with van der Waals surface area (Å²) in [5, 5.41) is 8.94. The smallest absolute Gasteiger partial charge is 0.305 e. The Kier molecular flexibility index (Phi) is 6.52. The lowest BCUT2D eigenvalue weighted by atomic mass is 10.0. The van der Waals surface area contributed by atoms with E-state index in [1.54, 1.807) is 0 Å². The van der Waals surface area contributed by atoms with E-state index in [0.717, 1.165) is 38.8 Å². The number of carboxylic acid groups (broad SMARTS) is 1. The van der Waals surface area contributed by atoms with Crippen LogP contribution in [0.15, 0.2) is 0 Å². The highest BCUT2D eigenvalue weighted by Crippen LogP contribution is 2.20. The summed E-state index contributed by atoms with van der Waals surface area (Å²) in [6.07, 6.45) is 4.82. The second kappa shape index (κ2) is 7.67. The molecule has 1 aliphatic heterocycles. The second-order valence-corrected chi connectivity index (χ2v) is 4.80. The van der Waals surface area contributed by atoms with Gasteiger partial charge in [-0.3, -0.25) is 9.69 Å². The van der Waals surface area contributed by atoms with Gasteiger partial charge in [0, 0.05) is 18.6 Å². The number of ether oxygens (including phenoxy) is 1. The van der Waals surface area contributed by atoms with E-state index in [0.29, 0.717) is 12.6 Å². The number of hydrogen-bond acceptors (Lipinski definition) is 3. The third-order valence-electron chi connectivity index (χ3n) is 3.40. The van der Waals surface area contributed by atoms with Gasteiger partial charge in [-0.15, -0.1) is 0 Å². The molecule has 1 rings (SSSR count). The van der Waals surface area contributed by atoms with Crippen LogP contribution >= 0.6 is 0 Å². The Labute approximate surface area is 104 Å². The summed E-state index contributed by atoms with van der Waals surface area (Å²) in [5.74, 6) is -0.725. The molecule has 100 valence electrons. The quantitative estimate of drug-likeness (QED) is 0.744. The number of carbonyl (C=O) groups is 1. The van der Waals surface area contributed by atoms with Crippen LogP contribution < -0.4 is 0 Å². The summed E-state index contributed by atoms with van der Waals surface area (Å²) in [7, 11) is 0. The van der Waals surface area contributed by atoms with Crippen molar-refractivity contribution in [1.82, 2.24) is 4.90 Å². The first kappa shape index (κ1) is 14.5. The minimum Gasteiger partial charge on any atom is -0.481 e. The first-order valence-electron chi connectivity index (χ1n) is 6.74. The van der Waals surface area contributed by atoms with E-state index in [-0.39, 0.29) is 12.5 Å². The molecule has 0 aromatic carbocycles. The van der Waals surface area contributed by atoms with Crippen LogP contribution in [0, 0.1) is 0 Å². The minimum absolute atomic E-state index is 0.0596. The van der Waals surface area contributed by atoms with E-state index in [1.165, 1.54) is 0 Å². The number of carboxylic acids is 1. The highest BCUT2D eigenvalue weighted by atomic mass is 16.5. The number of morpholine rings is 1. The monoisotopic (exact) mass is 243 g/mol. The van der Waals surface area contributed by atoms with Gasteiger partial charge >= 0.3 is 5.97 Å². The van der Waals surface area contributed by atoms with Crippen molar-refractivity contribution >= 4 is 5.97 Å². The highest BCUT2D eigenvalue weighted by Gasteiger charge is 2.29. The summed E-state index contributed by atoms with van der Waals surface area (Å²) in [6.45, 7) is 6.56. The Balaban J connectivity index is 2.62. The average molecular weight is 243 g/mol. The molecule has 0 spiro atoms. The van der Waals surface area contributed by atoms with E-state index in [1.807, 2.05) is 0 Å². The molecule has 0 aliphatic carbocycles. The van der Waals surface area contributed by atoms with Gasteiger partial charge in [0.1, 0.15) is 0 Å².